The Morgan fingerprint density at radius 2 is 1.91 bits per heavy atom. The number of pyridine rings is 1. The van der Waals surface area contributed by atoms with E-state index < -0.39 is 0 Å². The van der Waals surface area contributed by atoms with Gasteiger partial charge in [0.05, 0.1) is 27.7 Å². The third-order valence-electron chi connectivity index (χ3n) is 5.49. The number of nitrogens with zero attached hydrogens (tertiary/aromatic N) is 4. The highest BCUT2D eigenvalue weighted by Crippen LogP contribution is 2.31. The van der Waals surface area contributed by atoms with E-state index in [-0.39, 0.29) is 11.2 Å². The van der Waals surface area contributed by atoms with Crippen LogP contribution >= 0.6 is 11.8 Å². The minimum Gasteiger partial charge on any atom is -0.308 e. The lowest BCUT2D eigenvalue weighted by Gasteiger charge is -2.17. The highest BCUT2D eigenvalue weighted by Gasteiger charge is 2.23. The summed E-state index contributed by atoms with van der Waals surface area (Å²) in [7, 11) is 0. The molecule has 166 valence electrons. The van der Waals surface area contributed by atoms with Crippen molar-refractivity contribution in [3.63, 3.8) is 0 Å². The minimum absolute atomic E-state index is 0.183. The Bertz CT molecular complexity index is 1370. The largest absolute Gasteiger partial charge is 0.308 e. The summed E-state index contributed by atoms with van der Waals surface area (Å²) in [4.78, 5) is 18.1. The molecule has 4 aromatic rings. The first-order chi connectivity index (χ1) is 15.9. The van der Waals surface area contributed by atoms with E-state index >= 15 is 0 Å². The number of aryl methyl sites for hydroxylation is 3. The van der Waals surface area contributed by atoms with Crippen molar-refractivity contribution in [1.29, 1.82) is 5.26 Å². The van der Waals surface area contributed by atoms with Gasteiger partial charge in [0, 0.05) is 5.39 Å². The van der Waals surface area contributed by atoms with E-state index in [1.165, 1.54) is 23.5 Å². The molecule has 0 radical (unpaired) electrons. The van der Waals surface area contributed by atoms with Gasteiger partial charge in [0.15, 0.2) is 5.82 Å². The van der Waals surface area contributed by atoms with E-state index in [9.17, 15) is 10.1 Å². The van der Waals surface area contributed by atoms with Crippen LogP contribution in [-0.4, -0.2) is 25.9 Å². The average Bonchev–Trinajstić information content (AvgIpc) is 3.21. The summed E-state index contributed by atoms with van der Waals surface area (Å²) in [6, 6.07) is 17.9. The summed E-state index contributed by atoms with van der Waals surface area (Å²) in [5.74, 6) is 0.193. The molecule has 2 aromatic heterocycles. The SMILES string of the molecule is CCC(Sc1cc(C)c2cc(C)cc(C)c2n1)C(=O)Nc1c(C#N)cnn1-c1ccccc1. The summed E-state index contributed by atoms with van der Waals surface area (Å²) in [6.45, 7) is 8.20. The van der Waals surface area contributed by atoms with Crippen LogP contribution in [0, 0.1) is 32.1 Å². The molecule has 33 heavy (non-hydrogen) atoms. The smallest absolute Gasteiger partial charge is 0.239 e. The maximum atomic E-state index is 13.2. The molecule has 0 fully saturated rings. The lowest BCUT2D eigenvalue weighted by Crippen LogP contribution is -2.26. The molecule has 6 nitrogen and oxygen atoms in total. The molecular formula is C26H25N5OS. The van der Waals surface area contributed by atoms with Gasteiger partial charge in [0.25, 0.3) is 0 Å². The van der Waals surface area contributed by atoms with Crippen LogP contribution in [0.3, 0.4) is 0 Å². The number of para-hydroxylation sites is 1. The zero-order valence-electron chi connectivity index (χ0n) is 19.1. The number of anilines is 1. The van der Waals surface area contributed by atoms with Gasteiger partial charge in [-0.15, -0.1) is 0 Å². The molecule has 1 atom stereocenters. The number of rotatable bonds is 6. The average molecular weight is 456 g/mol. The first-order valence-electron chi connectivity index (χ1n) is 10.8. The van der Waals surface area contributed by atoms with E-state index in [1.807, 2.05) is 43.3 Å². The van der Waals surface area contributed by atoms with Gasteiger partial charge in [-0.2, -0.15) is 10.4 Å². The van der Waals surface area contributed by atoms with Crippen molar-refractivity contribution >= 4 is 34.4 Å². The Morgan fingerprint density at radius 1 is 1.15 bits per heavy atom. The number of hydrogen-bond donors (Lipinski definition) is 1. The number of carbonyl (C=O) groups is 1. The van der Waals surface area contributed by atoms with Crippen molar-refractivity contribution in [3.05, 3.63) is 77.0 Å². The second-order valence-electron chi connectivity index (χ2n) is 8.03. The van der Waals surface area contributed by atoms with Crippen LogP contribution in [0.15, 0.2) is 59.8 Å². The third kappa shape index (κ3) is 4.62. The Kier molecular flexibility index (Phi) is 6.47. The molecule has 0 saturated heterocycles. The van der Waals surface area contributed by atoms with Crippen LogP contribution in [0.2, 0.25) is 0 Å². The predicted octanol–water partition coefficient (Wildman–Crippen LogP) is 5.73. The second kappa shape index (κ2) is 9.47. The maximum absolute atomic E-state index is 13.2. The zero-order valence-corrected chi connectivity index (χ0v) is 19.9. The first kappa shape index (κ1) is 22.6. The van der Waals surface area contributed by atoms with E-state index in [2.05, 4.69) is 49.4 Å². The predicted molar refractivity (Wildman–Crippen MR) is 133 cm³/mol. The first-order valence-corrected chi connectivity index (χ1v) is 11.7. The molecule has 2 aromatic carbocycles. The van der Waals surface area contributed by atoms with E-state index in [1.54, 1.807) is 4.68 Å². The van der Waals surface area contributed by atoms with Crippen molar-refractivity contribution in [1.82, 2.24) is 14.8 Å². The van der Waals surface area contributed by atoms with Crippen molar-refractivity contribution < 1.29 is 4.79 Å². The number of nitrogens with one attached hydrogen (secondary N) is 1. The fraction of sp³-hybridized carbons (Fsp3) is 0.231. The third-order valence-corrected chi connectivity index (χ3v) is 6.77. The molecule has 4 rings (SSSR count). The van der Waals surface area contributed by atoms with Crippen LogP contribution in [0.25, 0.3) is 16.6 Å². The molecule has 0 aliphatic heterocycles. The standard InChI is InChI=1S/C26H25N5OS/c1-5-22(33-23-13-17(3)21-12-16(2)11-18(4)24(21)29-23)26(32)30-25-19(14-27)15-28-31(25)20-9-7-6-8-10-20/h6-13,15,22H,5H2,1-4H3,(H,30,32). The fourth-order valence-electron chi connectivity index (χ4n) is 3.86. The van der Waals surface area contributed by atoms with Gasteiger partial charge in [-0.3, -0.25) is 4.79 Å². The molecule has 2 heterocycles. The van der Waals surface area contributed by atoms with Gasteiger partial charge in [-0.25, -0.2) is 9.67 Å². The van der Waals surface area contributed by atoms with Crippen LogP contribution in [0.4, 0.5) is 5.82 Å². The Hall–Kier alpha value is -3.63. The van der Waals surface area contributed by atoms with Crippen LogP contribution in [0.1, 0.15) is 35.6 Å². The van der Waals surface area contributed by atoms with Crippen LogP contribution in [0.5, 0.6) is 0 Å². The number of carbonyl (C=O) groups excluding carboxylic acids is 1. The molecule has 0 aliphatic carbocycles. The summed E-state index contributed by atoms with van der Waals surface area (Å²) in [5.41, 5.74) is 5.52. The van der Waals surface area contributed by atoms with Crippen molar-refractivity contribution in [3.8, 4) is 11.8 Å². The monoisotopic (exact) mass is 455 g/mol. The molecular weight excluding hydrogens is 430 g/mol. The van der Waals surface area contributed by atoms with E-state index in [0.717, 1.165) is 32.7 Å². The van der Waals surface area contributed by atoms with Gasteiger partial charge in [0.2, 0.25) is 5.91 Å². The van der Waals surface area contributed by atoms with Crippen molar-refractivity contribution in [2.75, 3.05) is 5.32 Å². The molecule has 0 spiro atoms. The number of nitriles is 1. The number of benzene rings is 2. The van der Waals surface area contributed by atoms with Gasteiger partial charge < -0.3 is 5.32 Å². The van der Waals surface area contributed by atoms with Crippen LogP contribution in [-0.2, 0) is 4.79 Å². The normalized spacial score (nSPS) is 11.8. The molecule has 1 N–H and O–H groups in total. The number of fused-ring (bicyclic) bond motifs is 1. The quantitative estimate of drug-likeness (QED) is 0.376. The van der Waals surface area contributed by atoms with Crippen molar-refractivity contribution in [2.45, 2.75) is 44.4 Å². The molecule has 7 heteroatoms. The highest BCUT2D eigenvalue weighted by atomic mass is 32.2. The van der Waals surface area contributed by atoms with Gasteiger partial charge in [-0.05, 0) is 62.6 Å². The molecule has 1 unspecified atom stereocenters. The molecule has 1 amide bonds. The van der Waals surface area contributed by atoms with E-state index in [4.69, 9.17) is 4.98 Å². The summed E-state index contributed by atoms with van der Waals surface area (Å²) < 4.78 is 1.58. The summed E-state index contributed by atoms with van der Waals surface area (Å²) in [5, 5.41) is 18.4. The number of amides is 1. The molecule has 0 saturated carbocycles. The Morgan fingerprint density at radius 3 is 2.61 bits per heavy atom. The summed E-state index contributed by atoms with van der Waals surface area (Å²) >= 11 is 1.44. The second-order valence-corrected chi connectivity index (χ2v) is 9.25. The zero-order chi connectivity index (χ0) is 23.5. The lowest BCUT2D eigenvalue weighted by atomic mass is 10.0. The number of thioether (sulfide) groups is 1. The maximum Gasteiger partial charge on any atom is 0.239 e. The molecule has 0 aliphatic rings. The highest BCUT2D eigenvalue weighted by molar-refractivity contribution is 8.00. The summed E-state index contributed by atoms with van der Waals surface area (Å²) in [6.07, 6.45) is 2.08. The van der Waals surface area contributed by atoms with Gasteiger partial charge >= 0.3 is 0 Å². The number of aromatic nitrogens is 3. The van der Waals surface area contributed by atoms with E-state index in [0.29, 0.717) is 17.8 Å². The number of hydrogen-bond acceptors (Lipinski definition) is 5. The van der Waals surface area contributed by atoms with Crippen molar-refractivity contribution in [2.24, 2.45) is 0 Å². The molecule has 0 bridgehead atoms. The fourth-order valence-corrected chi connectivity index (χ4v) is 4.87. The minimum atomic E-state index is -0.370. The Labute approximate surface area is 197 Å². The topological polar surface area (TPSA) is 83.6 Å². The Balaban J connectivity index is 1.62. The lowest BCUT2D eigenvalue weighted by molar-refractivity contribution is -0.115. The van der Waals surface area contributed by atoms with Gasteiger partial charge in [-0.1, -0.05) is 48.5 Å². The van der Waals surface area contributed by atoms with Crippen LogP contribution < -0.4 is 5.32 Å². The van der Waals surface area contributed by atoms with Gasteiger partial charge in [0.1, 0.15) is 11.6 Å².